The Morgan fingerprint density at radius 1 is 1.22 bits per heavy atom. The van der Waals surface area contributed by atoms with E-state index in [-0.39, 0.29) is 23.8 Å². The smallest absolute Gasteiger partial charge is 0.407 e. The molecule has 1 aromatic heterocycles. The number of ether oxygens (including phenoxy) is 1. The Morgan fingerprint density at radius 2 is 1.85 bits per heavy atom. The predicted molar refractivity (Wildman–Crippen MR) is 95.9 cm³/mol. The zero-order valence-corrected chi connectivity index (χ0v) is 15.1. The van der Waals surface area contributed by atoms with Crippen LogP contribution < -0.4 is 4.74 Å². The summed E-state index contributed by atoms with van der Waals surface area (Å²) in [5, 5.41) is 19.4. The van der Waals surface area contributed by atoms with Gasteiger partial charge in [-0.2, -0.15) is 0 Å². The number of nitrogens with zero attached hydrogens (tertiary/aromatic N) is 2. The monoisotopic (exact) mass is 372 g/mol. The molecule has 1 amide bonds. The molecule has 1 saturated heterocycles. The second kappa shape index (κ2) is 6.20. The minimum absolute atomic E-state index is 0.0290. The van der Waals surface area contributed by atoms with Gasteiger partial charge in [0, 0.05) is 42.6 Å². The van der Waals surface area contributed by atoms with E-state index in [4.69, 9.17) is 9.84 Å². The average Bonchev–Trinajstić information content (AvgIpc) is 3.03. The van der Waals surface area contributed by atoms with Crippen molar-refractivity contribution in [2.45, 2.75) is 25.6 Å². The topological polar surface area (TPSA) is 82.9 Å². The molecular weight excluding hydrogens is 351 g/mol. The molecule has 2 heterocycles. The lowest BCUT2D eigenvalue weighted by molar-refractivity contribution is 0.0734. The molecule has 0 bridgehead atoms. The van der Waals surface area contributed by atoms with Crippen molar-refractivity contribution in [1.29, 1.82) is 0 Å². The Kier molecular flexibility index (Phi) is 4.07. The molecule has 7 heteroatoms. The molecule has 1 unspecified atom stereocenters. The summed E-state index contributed by atoms with van der Waals surface area (Å²) in [4.78, 5) is 16.9. The minimum atomic E-state index is -1.16. The van der Waals surface area contributed by atoms with Gasteiger partial charge in [0.05, 0.1) is 11.4 Å². The van der Waals surface area contributed by atoms with Crippen LogP contribution in [0.3, 0.4) is 0 Å². The van der Waals surface area contributed by atoms with Crippen LogP contribution in [0, 0.1) is 17.7 Å². The molecule has 142 valence electrons. The lowest BCUT2D eigenvalue weighted by Crippen LogP contribution is -2.31. The Balaban J connectivity index is 1.59. The van der Waals surface area contributed by atoms with Gasteiger partial charge in [0.15, 0.2) is 0 Å². The highest BCUT2D eigenvalue weighted by Gasteiger charge is 2.59. The molecule has 0 spiro atoms. The molecule has 0 radical (unpaired) electrons. The first-order valence-electron chi connectivity index (χ1n) is 8.88. The van der Waals surface area contributed by atoms with Crippen molar-refractivity contribution in [3.8, 4) is 17.0 Å². The van der Waals surface area contributed by atoms with Gasteiger partial charge in [0.2, 0.25) is 0 Å². The summed E-state index contributed by atoms with van der Waals surface area (Å²) in [5.41, 5.74) is 0.605. The lowest BCUT2D eigenvalue weighted by atomic mass is 10.0. The number of aliphatic hydroxyl groups is 1. The van der Waals surface area contributed by atoms with E-state index in [0.29, 0.717) is 30.2 Å². The Labute approximate surface area is 156 Å². The summed E-state index contributed by atoms with van der Waals surface area (Å²) in [5.74, 6) is 0.647. The molecule has 27 heavy (non-hydrogen) atoms. The molecule has 1 aromatic carbocycles. The summed E-state index contributed by atoms with van der Waals surface area (Å²) in [6.07, 6.45) is -0.925. The maximum atomic E-state index is 13.2. The molecule has 1 saturated carbocycles. The summed E-state index contributed by atoms with van der Waals surface area (Å²) >= 11 is 0. The van der Waals surface area contributed by atoms with Gasteiger partial charge in [-0.25, -0.2) is 14.2 Å². The van der Waals surface area contributed by atoms with Crippen LogP contribution in [0.4, 0.5) is 9.18 Å². The minimum Gasteiger partial charge on any atom is -0.490 e. The number of fused-ring (bicyclic) bond motifs is 1. The maximum absolute atomic E-state index is 13.2. The molecule has 3 atom stereocenters. The summed E-state index contributed by atoms with van der Waals surface area (Å²) < 4.78 is 19.3. The Hall–Kier alpha value is -2.67. The molecule has 2 aromatic rings. The third-order valence-electron chi connectivity index (χ3n) is 5.22. The van der Waals surface area contributed by atoms with Crippen molar-refractivity contribution < 1.29 is 24.1 Å². The van der Waals surface area contributed by atoms with Crippen molar-refractivity contribution in [2.24, 2.45) is 11.8 Å². The van der Waals surface area contributed by atoms with Crippen molar-refractivity contribution >= 4 is 6.09 Å². The maximum Gasteiger partial charge on any atom is 0.407 e. The summed E-state index contributed by atoms with van der Waals surface area (Å²) in [6.45, 7) is 4.26. The number of hydrogen-bond acceptors (Lipinski definition) is 4. The number of pyridine rings is 1. The largest absolute Gasteiger partial charge is 0.490 e. The normalized spacial score (nSPS) is 23.9. The number of hydrogen-bond donors (Lipinski definition) is 2. The van der Waals surface area contributed by atoms with E-state index in [0.717, 1.165) is 5.56 Å². The van der Waals surface area contributed by atoms with Crippen LogP contribution in [-0.4, -0.2) is 45.4 Å². The van der Waals surface area contributed by atoms with Crippen LogP contribution in [-0.2, 0) is 5.60 Å². The van der Waals surface area contributed by atoms with Gasteiger partial charge >= 0.3 is 6.09 Å². The second-order valence-electron chi connectivity index (χ2n) is 7.74. The van der Waals surface area contributed by atoms with Crippen LogP contribution in [0.15, 0.2) is 36.4 Å². The van der Waals surface area contributed by atoms with Crippen molar-refractivity contribution in [1.82, 2.24) is 9.88 Å². The predicted octanol–water partition coefficient (Wildman–Crippen LogP) is 3.10. The first-order valence-corrected chi connectivity index (χ1v) is 8.88. The second-order valence-corrected chi connectivity index (χ2v) is 7.74. The SMILES string of the molecule is CC(C)(O)c1cc(OC2[C@H]3CN(C(=O)O)C[C@@H]23)cc(-c2ccc(F)cc2)n1. The first-order chi connectivity index (χ1) is 12.7. The average molecular weight is 372 g/mol. The molecule has 1 aliphatic heterocycles. The van der Waals surface area contributed by atoms with Crippen molar-refractivity contribution in [3.63, 3.8) is 0 Å². The van der Waals surface area contributed by atoms with Gasteiger partial charge in [-0.3, -0.25) is 0 Å². The number of amides is 1. The van der Waals surface area contributed by atoms with Crippen LogP contribution in [0.5, 0.6) is 5.75 Å². The number of rotatable bonds is 4. The highest BCUT2D eigenvalue weighted by Crippen LogP contribution is 2.48. The van der Waals surface area contributed by atoms with Gasteiger partial charge in [-0.05, 0) is 38.1 Å². The number of aromatic nitrogens is 1. The van der Waals surface area contributed by atoms with E-state index in [1.54, 1.807) is 38.1 Å². The zero-order chi connectivity index (χ0) is 19.3. The quantitative estimate of drug-likeness (QED) is 0.862. The van der Waals surface area contributed by atoms with Crippen molar-refractivity contribution in [3.05, 3.63) is 47.9 Å². The van der Waals surface area contributed by atoms with Gasteiger partial charge < -0.3 is 19.8 Å². The highest BCUT2D eigenvalue weighted by molar-refractivity contribution is 5.66. The number of halogens is 1. The van der Waals surface area contributed by atoms with E-state index < -0.39 is 11.7 Å². The van der Waals surface area contributed by atoms with Crippen LogP contribution in [0.1, 0.15) is 19.5 Å². The first kappa shape index (κ1) is 17.7. The van der Waals surface area contributed by atoms with Crippen LogP contribution in [0.2, 0.25) is 0 Å². The summed E-state index contributed by atoms with van der Waals surface area (Å²) in [7, 11) is 0. The van der Waals surface area contributed by atoms with E-state index in [9.17, 15) is 14.3 Å². The van der Waals surface area contributed by atoms with Crippen LogP contribution >= 0.6 is 0 Å². The van der Waals surface area contributed by atoms with Crippen molar-refractivity contribution in [2.75, 3.05) is 13.1 Å². The number of likely N-dealkylation sites (tertiary alicyclic amines) is 1. The number of carboxylic acid groups (broad SMARTS) is 1. The van der Waals surface area contributed by atoms with Gasteiger partial charge in [-0.1, -0.05) is 0 Å². The third kappa shape index (κ3) is 3.47. The number of carbonyl (C=O) groups is 1. The fraction of sp³-hybridized carbons (Fsp3) is 0.400. The molecule has 4 rings (SSSR count). The fourth-order valence-electron chi connectivity index (χ4n) is 3.62. The summed E-state index contributed by atoms with van der Waals surface area (Å²) in [6, 6.07) is 9.46. The molecule has 1 aliphatic carbocycles. The van der Waals surface area contributed by atoms with Gasteiger partial charge in [0.25, 0.3) is 0 Å². The molecule has 6 nitrogen and oxygen atoms in total. The highest BCUT2D eigenvalue weighted by atomic mass is 19.1. The Morgan fingerprint density at radius 3 is 2.41 bits per heavy atom. The third-order valence-corrected chi connectivity index (χ3v) is 5.22. The van der Waals surface area contributed by atoms with E-state index in [2.05, 4.69) is 4.98 Å². The van der Waals surface area contributed by atoms with Gasteiger partial charge in [0.1, 0.15) is 23.3 Å². The van der Waals surface area contributed by atoms with Gasteiger partial charge in [-0.15, -0.1) is 0 Å². The lowest BCUT2D eigenvalue weighted by Gasteiger charge is -2.20. The Bertz CT molecular complexity index is 867. The number of piperidine rings is 1. The van der Waals surface area contributed by atoms with E-state index >= 15 is 0 Å². The molecule has 2 fully saturated rings. The zero-order valence-electron chi connectivity index (χ0n) is 15.1. The molecule has 2 aliphatic rings. The number of benzene rings is 1. The molecular formula is C20H21FN2O4. The van der Waals surface area contributed by atoms with Crippen LogP contribution in [0.25, 0.3) is 11.3 Å². The standard InChI is InChI=1S/C20H21FN2O4/c1-20(2,26)17-8-13(7-16(22-17)11-3-5-12(21)6-4-11)27-18-14-9-23(19(24)25)10-15(14)18/h3-8,14-15,18,26H,9-10H2,1-2H3,(H,24,25)/t14-,15+,18?. The fourth-order valence-corrected chi connectivity index (χ4v) is 3.62. The van der Waals surface area contributed by atoms with E-state index in [1.807, 2.05) is 0 Å². The molecule has 2 N–H and O–H groups in total. The van der Waals surface area contributed by atoms with E-state index in [1.165, 1.54) is 17.0 Å².